The third-order valence-electron chi connectivity index (χ3n) is 3.10. The van der Waals surface area contributed by atoms with Crippen LogP contribution in [-0.4, -0.2) is 14.9 Å². The maximum absolute atomic E-state index is 5.99. The van der Waals surface area contributed by atoms with Gasteiger partial charge in [0.15, 0.2) is 5.69 Å². The third kappa shape index (κ3) is 2.81. The maximum atomic E-state index is 5.99. The molecule has 1 aromatic heterocycles. The molecular weight excluding hydrogens is 294 g/mol. The molecule has 108 valence electrons. The highest BCUT2D eigenvalue weighted by molar-refractivity contribution is 7.78. The number of thiocarbonyl (C=S) groups is 1. The Morgan fingerprint density at radius 3 is 2.32 bits per heavy atom. The molecule has 0 fully saturated rings. The number of aromatic nitrogens is 2. The lowest BCUT2D eigenvalue weighted by Gasteiger charge is -2.09. The molecule has 0 spiro atoms. The highest BCUT2D eigenvalue weighted by atomic mass is 32.1. The molecule has 22 heavy (non-hydrogen) atoms. The van der Waals surface area contributed by atoms with Gasteiger partial charge >= 0.3 is 0 Å². The van der Waals surface area contributed by atoms with Gasteiger partial charge in [0.25, 0.3) is 0 Å². The van der Waals surface area contributed by atoms with Gasteiger partial charge < -0.3 is 4.74 Å². The van der Waals surface area contributed by atoms with Crippen LogP contribution in [0.4, 0.5) is 5.69 Å². The monoisotopic (exact) mass is 307 g/mol. The molecule has 0 aliphatic heterocycles. The van der Waals surface area contributed by atoms with Crippen LogP contribution >= 0.6 is 12.2 Å². The normalized spacial score (nSPS) is 10.0. The molecule has 0 aliphatic carbocycles. The fourth-order valence-corrected chi connectivity index (χ4v) is 2.20. The summed E-state index contributed by atoms with van der Waals surface area (Å²) in [6.07, 6.45) is 0. The van der Waals surface area contributed by atoms with E-state index in [0.717, 1.165) is 11.4 Å². The first-order valence-electron chi connectivity index (χ1n) is 6.75. The number of aryl methyl sites for hydroxylation is 1. The van der Waals surface area contributed by atoms with Crippen molar-refractivity contribution in [3.05, 3.63) is 66.4 Å². The predicted octanol–water partition coefficient (Wildman–Crippen LogP) is 4.71. The second-order valence-electron chi connectivity index (χ2n) is 4.60. The molecule has 0 saturated carbocycles. The lowest BCUT2D eigenvalue weighted by Crippen LogP contribution is -1.99. The molecule has 1 heterocycles. The van der Waals surface area contributed by atoms with Crippen LogP contribution in [0, 0.1) is 6.92 Å². The highest BCUT2D eigenvalue weighted by Crippen LogP contribution is 2.36. The number of ether oxygens (including phenoxy) is 1. The molecular formula is C17H13N3OS. The quantitative estimate of drug-likeness (QED) is 0.518. The van der Waals surface area contributed by atoms with Gasteiger partial charge in [0.05, 0.1) is 16.5 Å². The Hall–Kier alpha value is -2.75. The highest BCUT2D eigenvalue weighted by Gasteiger charge is 2.18. The Morgan fingerprint density at radius 1 is 1.05 bits per heavy atom. The summed E-state index contributed by atoms with van der Waals surface area (Å²) < 4.78 is 7.70. The summed E-state index contributed by atoms with van der Waals surface area (Å²) in [5.41, 5.74) is 2.21. The summed E-state index contributed by atoms with van der Waals surface area (Å²) in [5.74, 6) is 1.23. The molecule has 0 bridgehead atoms. The Balaban J connectivity index is 2.14. The fraction of sp³-hybridized carbons (Fsp3) is 0.0588. The van der Waals surface area contributed by atoms with Crippen LogP contribution in [0.5, 0.6) is 11.6 Å². The van der Waals surface area contributed by atoms with Crippen LogP contribution < -0.4 is 4.74 Å². The molecule has 4 nitrogen and oxygen atoms in total. The average molecular weight is 307 g/mol. The van der Waals surface area contributed by atoms with Crippen molar-refractivity contribution in [3.63, 3.8) is 0 Å². The van der Waals surface area contributed by atoms with Gasteiger partial charge in [-0.3, -0.25) is 0 Å². The predicted molar refractivity (Wildman–Crippen MR) is 89.5 cm³/mol. The number of hydrogen-bond donors (Lipinski definition) is 0. The average Bonchev–Trinajstić information content (AvgIpc) is 2.86. The van der Waals surface area contributed by atoms with Gasteiger partial charge in [-0.05, 0) is 43.4 Å². The Bertz CT molecular complexity index is 822. The van der Waals surface area contributed by atoms with E-state index in [4.69, 9.17) is 17.0 Å². The number of aliphatic imine (C=N–C) groups is 1. The number of benzene rings is 2. The van der Waals surface area contributed by atoms with E-state index in [0.29, 0.717) is 17.3 Å². The fourth-order valence-electron chi connectivity index (χ4n) is 2.11. The molecule has 0 aliphatic rings. The Kier molecular flexibility index (Phi) is 4.10. The van der Waals surface area contributed by atoms with Crippen LogP contribution in [0.25, 0.3) is 5.69 Å². The summed E-state index contributed by atoms with van der Waals surface area (Å²) in [6, 6.07) is 19.3. The molecule has 5 heteroatoms. The summed E-state index contributed by atoms with van der Waals surface area (Å²) in [5, 5.41) is 6.90. The molecule has 0 radical (unpaired) electrons. The first-order chi connectivity index (χ1) is 10.8. The largest absolute Gasteiger partial charge is 0.437 e. The Labute approximate surface area is 133 Å². The third-order valence-corrected chi connectivity index (χ3v) is 3.19. The second kappa shape index (κ2) is 6.35. The minimum absolute atomic E-state index is 0.521. The van der Waals surface area contributed by atoms with Gasteiger partial charge in [-0.25, -0.2) is 0 Å². The van der Waals surface area contributed by atoms with E-state index in [-0.39, 0.29) is 0 Å². The first-order valence-corrected chi connectivity index (χ1v) is 7.16. The van der Waals surface area contributed by atoms with E-state index >= 15 is 0 Å². The van der Waals surface area contributed by atoms with E-state index in [1.807, 2.05) is 67.6 Å². The molecule has 0 unspecified atom stereocenters. The van der Waals surface area contributed by atoms with E-state index in [1.54, 1.807) is 4.68 Å². The molecule has 0 saturated heterocycles. The number of para-hydroxylation sites is 2. The van der Waals surface area contributed by atoms with Crippen molar-refractivity contribution >= 4 is 23.1 Å². The van der Waals surface area contributed by atoms with Crippen LogP contribution in [0.15, 0.2) is 65.7 Å². The van der Waals surface area contributed by atoms with Crippen molar-refractivity contribution in [3.8, 4) is 17.3 Å². The van der Waals surface area contributed by atoms with Gasteiger partial charge in [0, 0.05) is 0 Å². The number of hydrogen-bond acceptors (Lipinski definition) is 4. The van der Waals surface area contributed by atoms with Gasteiger partial charge in [-0.1, -0.05) is 36.4 Å². The van der Waals surface area contributed by atoms with Crippen molar-refractivity contribution in [2.45, 2.75) is 6.92 Å². The zero-order valence-electron chi connectivity index (χ0n) is 11.9. The zero-order valence-corrected chi connectivity index (χ0v) is 12.7. The number of nitrogens with zero attached hydrogens (tertiary/aromatic N) is 3. The van der Waals surface area contributed by atoms with Gasteiger partial charge in [0.2, 0.25) is 5.88 Å². The summed E-state index contributed by atoms with van der Waals surface area (Å²) in [6.45, 7) is 1.86. The minimum atomic E-state index is 0.521. The number of isothiocyanates is 1. The van der Waals surface area contributed by atoms with E-state index in [2.05, 4.69) is 15.3 Å². The van der Waals surface area contributed by atoms with Gasteiger partial charge in [-0.15, -0.1) is 0 Å². The van der Waals surface area contributed by atoms with Crippen LogP contribution in [0.3, 0.4) is 0 Å². The molecule has 0 N–H and O–H groups in total. The maximum Gasteiger partial charge on any atom is 0.250 e. The van der Waals surface area contributed by atoms with Crippen molar-refractivity contribution in [1.29, 1.82) is 0 Å². The molecule has 0 atom stereocenters. The number of rotatable bonds is 4. The van der Waals surface area contributed by atoms with E-state index in [9.17, 15) is 0 Å². The van der Waals surface area contributed by atoms with Gasteiger partial charge in [-0.2, -0.15) is 14.8 Å². The zero-order chi connectivity index (χ0) is 15.4. The van der Waals surface area contributed by atoms with Crippen LogP contribution in [0.2, 0.25) is 0 Å². The molecule has 2 aromatic carbocycles. The molecule has 3 rings (SSSR count). The minimum Gasteiger partial charge on any atom is -0.437 e. The van der Waals surface area contributed by atoms with Crippen molar-refractivity contribution in [1.82, 2.24) is 9.78 Å². The van der Waals surface area contributed by atoms with E-state index < -0.39 is 0 Å². The van der Waals surface area contributed by atoms with Gasteiger partial charge in [0.1, 0.15) is 5.75 Å². The van der Waals surface area contributed by atoms with Crippen molar-refractivity contribution in [2.24, 2.45) is 4.99 Å². The smallest absolute Gasteiger partial charge is 0.250 e. The second-order valence-corrected chi connectivity index (χ2v) is 4.79. The Morgan fingerprint density at radius 2 is 1.68 bits per heavy atom. The lowest BCUT2D eigenvalue weighted by atomic mass is 10.3. The topological polar surface area (TPSA) is 39.4 Å². The summed E-state index contributed by atoms with van der Waals surface area (Å²) in [4.78, 5) is 4.10. The van der Waals surface area contributed by atoms with Crippen LogP contribution in [0.1, 0.15) is 5.69 Å². The van der Waals surface area contributed by atoms with E-state index in [1.165, 1.54) is 0 Å². The molecule has 0 amide bonds. The van der Waals surface area contributed by atoms with Crippen LogP contribution in [-0.2, 0) is 0 Å². The van der Waals surface area contributed by atoms with Crippen molar-refractivity contribution in [2.75, 3.05) is 0 Å². The first kappa shape index (κ1) is 14.2. The van der Waals surface area contributed by atoms with Crippen molar-refractivity contribution < 1.29 is 4.74 Å². The summed E-state index contributed by atoms with van der Waals surface area (Å²) >= 11 is 4.73. The standard InChI is InChI=1S/C17H13N3OS/c1-13-16(18-12-22)17(21-15-10-6-3-7-11-15)20(19-13)14-8-4-2-5-9-14/h2-11H,1H3. The lowest BCUT2D eigenvalue weighted by molar-refractivity contribution is 0.446. The SMILES string of the molecule is Cc1nn(-c2ccccc2)c(Oc2ccccc2)c1N=C=S. The molecule has 3 aromatic rings. The summed E-state index contributed by atoms with van der Waals surface area (Å²) in [7, 11) is 0.